The number of ether oxygens (including phenoxy) is 1. The molecule has 4 heteroatoms. The minimum atomic E-state index is -0.172. The fraction of sp³-hybridized carbons (Fsp3) is 0.500. The number of nitrogen functional groups attached to an aromatic ring is 1. The van der Waals surface area contributed by atoms with Crippen LogP contribution < -0.4 is 5.73 Å². The van der Waals surface area contributed by atoms with E-state index < -0.39 is 0 Å². The van der Waals surface area contributed by atoms with Gasteiger partial charge in [-0.1, -0.05) is 25.8 Å². The zero-order chi connectivity index (χ0) is 13.5. The van der Waals surface area contributed by atoms with Crippen LogP contribution in [-0.4, -0.2) is 18.3 Å². The van der Waals surface area contributed by atoms with Crippen LogP contribution in [0.2, 0.25) is 0 Å². The molecule has 0 aliphatic carbocycles. The highest BCUT2D eigenvalue weighted by atomic mass is 32.2. The lowest BCUT2D eigenvalue weighted by Gasteiger charge is -2.15. The van der Waals surface area contributed by atoms with Crippen LogP contribution in [0.15, 0.2) is 23.1 Å². The molecule has 1 unspecified atom stereocenters. The van der Waals surface area contributed by atoms with E-state index in [9.17, 15) is 4.79 Å². The van der Waals surface area contributed by atoms with Gasteiger partial charge >= 0.3 is 5.97 Å². The van der Waals surface area contributed by atoms with Gasteiger partial charge in [0.1, 0.15) is 5.25 Å². The fourth-order valence-corrected chi connectivity index (χ4v) is 2.88. The Morgan fingerprint density at radius 2 is 2.22 bits per heavy atom. The largest absolute Gasteiger partial charge is 0.468 e. The van der Waals surface area contributed by atoms with Crippen molar-refractivity contribution < 1.29 is 9.53 Å². The summed E-state index contributed by atoms with van der Waals surface area (Å²) in [4.78, 5) is 12.7. The van der Waals surface area contributed by atoms with Crippen molar-refractivity contribution in [2.24, 2.45) is 0 Å². The van der Waals surface area contributed by atoms with E-state index in [1.54, 1.807) is 0 Å². The van der Waals surface area contributed by atoms with E-state index in [2.05, 4.69) is 6.92 Å². The molecule has 1 aromatic carbocycles. The minimum Gasteiger partial charge on any atom is -0.468 e. The molecule has 0 saturated heterocycles. The third-order valence-electron chi connectivity index (χ3n) is 2.72. The number of anilines is 1. The molecule has 0 heterocycles. The number of unbranched alkanes of at least 4 members (excludes halogenated alkanes) is 1. The molecule has 0 radical (unpaired) electrons. The van der Waals surface area contributed by atoms with Crippen molar-refractivity contribution in [3.8, 4) is 0 Å². The van der Waals surface area contributed by atoms with Gasteiger partial charge in [0.15, 0.2) is 0 Å². The van der Waals surface area contributed by atoms with Crippen LogP contribution in [0.4, 0.5) is 5.69 Å². The Bertz CT molecular complexity index is 407. The third kappa shape index (κ3) is 4.26. The van der Waals surface area contributed by atoms with E-state index in [-0.39, 0.29) is 11.2 Å². The fourth-order valence-electron chi connectivity index (χ4n) is 1.64. The average Bonchev–Trinajstić information content (AvgIpc) is 2.37. The molecule has 0 bridgehead atoms. The molecule has 0 aliphatic rings. The summed E-state index contributed by atoms with van der Waals surface area (Å²) >= 11 is 1.50. The molecule has 1 atom stereocenters. The van der Waals surface area contributed by atoms with Crippen LogP contribution in [0.3, 0.4) is 0 Å². The average molecular weight is 267 g/mol. The number of carbonyl (C=O) groups excluding carboxylic acids is 1. The lowest BCUT2D eigenvalue weighted by Crippen LogP contribution is -2.18. The van der Waals surface area contributed by atoms with Crippen molar-refractivity contribution in [2.75, 3.05) is 12.8 Å². The molecule has 1 rings (SSSR count). The summed E-state index contributed by atoms with van der Waals surface area (Å²) in [6.45, 7) is 4.13. The summed E-state index contributed by atoms with van der Waals surface area (Å²) in [5.41, 5.74) is 7.80. The first-order valence-electron chi connectivity index (χ1n) is 6.19. The van der Waals surface area contributed by atoms with Crippen molar-refractivity contribution in [3.05, 3.63) is 23.8 Å². The van der Waals surface area contributed by atoms with Crippen LogP contribution in [0.1, 0.15) is 31.7 Å². The predicted molar refractivity (Wildman–Crippen MR) is 76.8 cm³/mol. The maximum atomic E-state index is 11.7. The SMILES string of the molecule is CCCCC(Sc1cc(C)ccc1N)C(=O)OC. The highest BCUT2D eigenvalue weighted by molar-refractivity contribution is 8.00. The van der Waals surface area contributed by atoms with E-state index in [0.29, 0.717) is 0 Å². The summed E-state index contributed by atoms with van der Waals surface area (Å²) in [6.07, 6.45) is 2.90. The molecule has 2 N–H and O–H groups in total. The van der Waals surface area contributed by atoms with Crippen molar-refractivity contribution >= 4 is 23.4 Å². The number of thioether (sulfide) groups is 1. The van der Waals surface area contributed by atoms with Crippen LogP contribution in [0.25, 0.3) is 0 Å². The van der Waals surface area contributed by atoms with Gasteiger partial charge in [-0.15, -0.1) is 11.8 Å². The van der Waals surface area contributed by atoms with Gasteiger partial charge in [0.25, 0.3) is 0 Å². The van der Waals surface area contributed by atoms with Crippen molar-refractivity contribution in [3.63, 3.8) is 0 Å². The molecule has 100 valence electrons. The number of rotatable bonds is 6. The number of nitrogens with two attached hydrogens (primary N) is 1. The molecule has 0 aromatic heterocycles. The Morgan fingerprint density at radius 1 is 1.50 bits per heavy atom. The maximum Gasteiger partial charge on any atom is 0.319 e. The van der Waals surface area contributed by atoms with E-state index in [1.165, 1.54) is 18.9 Å². The van der Waals surface area contributed by atoms with Gasteiger partial charge in [0.05, 0.1) is 7.11 Å². The minimum absolute atomic E-state index is 0.168. The first-order valence-corrected chi connectivity index (χ1v) is 7.07. The zero-order valence-electron chi connectivity index (χ0n) is 11.2. The van der Waals surface area contributed by atoms with Gasteiger partial charge in [-0.2, -0.15) is 0 Å². The zero-order valence-corrected chi connectivity index (χ0v) is 12.0. The molecular weight excluding hydrogens is 246 g/mol. The maximum absolute atomic E-state index is 11.7. The number of hydrogen-bond donors (Lipinski definition) is 1. The summed E-state index contributed by atoms with van der Waals surface area (Å²) in [7, 11) is 1.43. The first-order chi connectivity index (χ1) is 8.58. The van der Waals surface area contributed by atoms with Gasteiger partial charge in [0, 0.05) is 10.6 Å². The van der Waals surface area contributed by atoms with E-state index in [4.69, 9.17) is 10.5 Å². The van der Waals surface area contributed by atoms with Gasteiger partial charge in [-0.3, -0.25) is 4.79 Å². The number of carbonyl (C=O) groups is 1. The quantitative estimate of drug-likeness (QED) is 0.487. The van der Waals surface area contributed by atoms with Crippen LogP contribution >= 0.6 is 11.8 Å². The molecule has 3 nitrogen and oxygen atoms in total. The summed E-state index contributed by atoms with van der Waals surface area (Å²) < 4.78 is 4.85. The molecule has 0 amide bonds. The summed E-state index contributed by atoms with van der Waals surface area (Å²) in [5, 5.41) is -0.168. The van der Waals surface area contributed by atoms with Gasteiger partial charge in [-0.05, 0) is 31.0 Å². The Hall–Kier alpha value is -1.16. The molecule has 0 spiro atoms. The Kier molecular flexibility index (Phi) is 6.05. The second-order valence-electron chi connectivity index (χ2n) is 4.31. The Balaban J connectivity index is 2.81. The van der Waals surface area contributed by atoms with Gasteiger partial charge in [0.2, 0.25) is 0 Å². The van der Waals surface area contributed by atoms with Crippen LogP contribution in [-0.2, 0) is 9.53 Å². The summed E-state index contributed by atoms with van der Waals surface area (Å²) in [6, 6.07) is 5.87. The van der Waals surface area contributed by atoms with Gasteiger partial charge < -0.3 is 10.5 Å². The number of aryl methyl sites for hydroxylation is 1. The Morgan fingerprint density at radius 3 is 2.83 bits per heavy atom. The number of hydrogen-bond acceptors (Lipinski definition) is 4. The first kappa shape index (κ1) is 14.9. The molecular formula is C14H21NO2S. The highest BCUT2D eigenvalue weighted by Crippen LogP contribution is 2.32. The molecule has 0 fully saturated rings. The van der Waals surface area contributed by atoms with Crippen LogP contribution in [0, 0.1) is 6.92 Å². The second-order valence-corrected chi connectivity index (χ2v) is 5.56. The third-order valence-corrected chi connectivity index (χ3v) is 4.04. The van der Waals surface area contributed by atoms with Crippen molar-refractivity contribution in [2.45, 2.75) is 43.3 Å². The number of esters is 1. The van der Waals surface area contributed by atoms with E-state index in [1.807, 2.05) is 25.1 Å². The molecule has 0 aliphatic heterocycles. The lowest BCUT2D eigenvalue weighted by molar-refractivity contribution is -0.140. The van der Waals surface area contributed by atoms with Crippen LogP contribution in [0.5, 0.6) is 0 Å². The molecule has 1 aromatic rings. The standard InChI is InChI=1S/C14H21NO2S/c1-4-5-6-12(14(16)17-3)18-13-9-10(2)7-8-11(13)15/h7-9,12H,4-6,15H2,1-3H3. The lowest BCUT2D eigenvalue weighted by atomic mass is 10.2. The van der Waals surface area contributed by atoms with Crippen molar-refractivity contribution in [1.82, 2.24) is 0 Å². The monoisotopic (exact) mass is 267 g/mol. The summed E-state index contributed by atoms with van der Waals surface area (Å²) in [5.74, 6) is -0.172. The van der Waals surface area contributed by atoms with E-state index >= 15 is 0 Å². The number of methoxy groups -OCH3 is 1. The topological polar surface area (TPSA) is 52.3 Å². The predicted octanol–water partition coefficient (Wildman–Crippen LogP) is 3.40. The molecule has 18 heavy (non-hydrogen) atoms. The van der Waals surface area contributed by atoms with Gasteiger partial charge in [-0.25, -0.2) is 0 Å². The Labute approximate surface area is 113 Å². The smallest absolute Gasteiger partial charge is 0.319 e. The van der Waals surface area contributed by atoms with Crippen molar-refractivity contribution in [1.29, 1.82) is 0 Å². The highest BCUT2D eigenvalue weighted by Gasteiger charge is 2.20. The van der Waals surface area contributed by atoms with E-state index in [0.717, 1.165) is 35.4 Å². The molecule has 0 saturated carbocycles. The second kappa shape index (κ2) is 7.31. The normalized spacial score (nSPS) is 12.2. The number of benzene rings is 1.